The number of carboxylic acid groups (broad SMARTS) is 1. The topological polar surface area (TPSA) is 106 Å². The van der Waals surface area contributed by atoms with Crippen LogP contribution in [0.4, 0.5) is 0 Å². The van der Waals surface area contributed by atoms with Crippen molar-refractivity contribution in [3.8, 4) is 0 Å². The van der Waals surface area contributed by atoms with Gasteiger partial charge in [0.2, 0.25) is 0 Å². The molecule has 0 spiro atoms. The summed E-state index contributed by atoms with van der Waals surface area (Å²) < 4.78 is 0. The summed E-state index contributed by atoms with van der Waals surface area (Å²) in [5.74, 6) is 0. The molecular weight excluding hydrogens is 152 g/mol. The van der Waals surface area contributed by atoms with Gasteiger partial charge in [0, 0.05) is 6.47 Å². The predicted molar refractivity (Wildman–Crippen MR) is 16.4 cm³/mol. The van der Waals surface area contributed by atoms with Crippen LogP contribution in [0.5, 0.6) is 0 Å². The summed E-state index contributed by atoms with van der Waals surface area (Å²) >= 11 is 0. The van der Waals surface area contributed by atoms with Crippen LogP contribution in [0, 0.1) is 15.3 Å². The third-order valence-electron chi connectivity index (χ3n) is 0. The maximum absolute atomic E-state index is 8.25. The van der Waals surface area contributed by atoms with Crippen LogP contribution in [0.2, 0.25) is 0 Å². The second-order valence-electron chi connectivity index (χ2n) is 0.320. The predicted octanol–water partition coefficient (Wildman–Crippen LogP) is -7.86. The maximum atomic E-state index is 8.25. The molecule has 0 bridgehead atoms. The molecule has 42 valence electrons. The van der Waals surface area contributed by atoms with Gasteiger partial charge in [-0.1, -0.05) is 0 Å². The minimum absolute atomic E-state index is 0. The molecule has 8 heteroatoms. The van der Waals surface area contributed by atoms with E-state index in [-0.39, 0.29) is 59.1 Å². The van der Waals surface area contributed by atoms with E-state index < -0.39 is 11.6 Å². The van der Waals surface area contributed by atoms with Gasteiger partial charge in [-0.25, -0.2) is 0 Å². The fraction of sp³-hybridized carbons (Fsp3) is 0. The molecule has 9 heavy (non-hydrogen) atoms. The summed E-state index contributed by atoms with van der Waals surface area (Å²) in [6.45, 7) is -0.500. The van der Waals surface area contributed by atoms with Crippen molar-refractivity contribution in [1.82, 2.24) is 0 Å². The van der Waals surface area contributed by atoms with Gasteiger partial charge in [0.1, 0.15) is 0 Å². The standard InChI is InChI=1S/CH2O2.NO3.2Na/c2-1-3;2-1(3)4;;/h1H,(H,2,3);;;/q;-1;2*+1/p-1. The summed E-state index contributed by atoms with van der Waals surface area (Å²) in [6, 6.07) is 0. The number of carbonyl (C=O) groups excluding carboxylic acids is 1. The first-order chi connectivity index (χ1) is 3.15. The fourth-order valence-corrected chi connectivity index (χ4v) is 0. The van der Waals surface area contributed by atoms with Gasteiger partial charge in [-0.15, -0.1) is 0 Å². The molecule has 0 aromatic rings. The van der Waals surface area contributed by atoms with Crippen molar-refractivity contribution >= 4 is 6.47 Å². The quantitative estimate of drug-likeness (QED) is 0.149. The second kappa shape index (κ2) is 23.4. The Labute approximate surface area is 94.9 Å². The summed E-state index contributed by atoms with van der Waals surface area (Å²) in [4.78, 5) is 16.5. The molecule has 0 aliphatic heterocycles. The fourth-order valence-electron chi connectivity index (χ4n) is 0. The summed E-state index contributed by atoms with van der Waals surface area (Å²) in [7, 11) is 0. The van der Waals surface area contributed by atoms with Crippen LogP contribution >= 0.6 is 0 Å². The third kappa shape index (κ3) is 859. The van der Waals surface area contributed by atoms with Gasteiger partial charge in [0.25, 0.3) is 0 Å². The Morgan fingerprint density at radius 1 is 1.22 bits per heavy atom. The zero-order valence-corrected chi connectivity index (χ0v) is 9.07. The second-order valence-corrected chi connectivity index (χ2v) is 0.320. The Balaban J connectivity index is -0.0000000233. The minimum atomic E-state index is -1.75. The average molecular weight is 153 g/mol. The Bertz CT molecular complexity index is 62.0. The summed E-state index contributed by atoms with van der Waals surface area (Å²) in [6.07, 6.45) is 0. The van der Waals surface area contributed by atoms with Crippen LogP contribution < -0.4 is 64.2 Å². The maximum Gasteiger partial charge on any atom is 1.00 e. The van der Waals surface area contributed by atoms with E-state index >= 15 is 0 Å². The molecule has 0 aromatic heterocycles. The average Bonchev–Trinajstić information content (AvgIpc) is 1.33. The molecule has 0 radical (unpaired) electrons. The molecular formula is CHNNa2O5. The van der Waals surface area contributed by atoms with Crippen molar-refractivity contribution in [1.29, 1.82) is 0 Å². The Morgan fingerprint density at radius 2 is 1.22 bits per heavy atom. The minimum Gasteiger partial charge on any atom is -0.554 e. The van der Waals surface area contributed by atoms with Crippen LogP contribution in [0.15, 0.2) is 0 Å². The van der Waals surface area contributed by atoms with E-state index in [1.54, 1.807) is 0 Å². The molecule has 0 saturated carbocycles. The van der Waals surface area contributed by atoms with Gasteiger partial charge in [-0.05, 0) is 0 Å². The number of hydrogen-bond donors (Lipinski definition) is 0. The molecule has 0 rings (SSSR count). The largest absolute Gasteiger partial charge is 1.00 e. The van der Waals surface area contributed by atoms with Gasteiger partial charge < -0.3 is 25.2 Å². The van der Waals surface area contributed by atoms with Crippen LogP contribution in [0.1, 0.15) is 0 Å². The monoisotopic (exact) mass is 153 g/mol. The van der Waals surface area contributed by atoms with E-state index in [9.17, 15) is 0 Å². The van der Waals surface area contributed by atoms with E-state index in [4.69, 9.17) is 25.2 Å². The van der Waals surface area contributed by atoms with Crippen molar-refractivity contribution in [2.24, 2.45) is 0 Å². The summed E-state index contributed by atoms with van der Waals surface area (Å²) in [5, 5.41) is 23.0. The first-order valence-electron chi connectivity index (χ1n) is 1.02. The van der Waals surface area contributed by atoms with Gasteiger partial charge in [0.05, 0.1) is 5.09 Å². The van der Waals surface area contributed by atoms with Gasteiger partial charge >= 0.3 is 59.1 Å². The van der Waals surface area contributed by atoms with Gasteiger partial charge in [-0.3, -0.25) is 0 Å². The molecule has 0 heterocycles. The zero-order valence-electron chi connectivity index (χ0n) is 5.07. The molecule has 0 amide bonds. The molecule has 6 nitrogen and oxygen atoms in total. The third-order valence-corrected chi connectivity index (χ3v) is 0. The van der Waals surface area contributed by atoms with E-state index in [1.807, 2.05) is 0 Å². The smallest absolute Gasteiger partial charge is 0.554 e. The number of nitrogens with zero attached hydrogens (tertiary/aromatic N) is 1. The molecule has 0 N–H and O–H groups in total. The van der Waals surface area contributed by atoms with Gasteiger partial charge in [-0.2, -0.15) is 0 Å². The SMILES string of the molecule is O=C[O-].O=[N+]([O-])[O-].[Na+].[Na+]. The normalized spacial score (nSPS) is 4.00. The van der Waals surface area contributed by atoms with Crippen LogP contribution in [-0.4, -0.2) is 11.6 Å². The Kier molecular flexibility index (Phi) is 58.8. The molecule has 0 unspecified atom stereocenters. The first kappa shape index (κ1) is 22.6. The molecule has 0 saturated heterocycles. The van der Waals surface area contributed by atoms with Crippen molar-refractivity contribution < 1.29 is 74.1 Å². The van der Waals surface area contributed by atoms with E-state index in [1.165, 1.54) is 0 Å². The van der Waals surface area contributed by atoms with Crippen molar-refractivity contribution in [2.45, 2.75) is 0 Å². The van der Waals surface area contributed by atoms with Crippen LogP contribution in [-0.2, 0) is 4.79 Å². The van der Waals surface area contributed by atoms with Crippen molar-refractivity contribution in [2.75, 3.05) is 0 Å². The molecule has 0 aromatic carbocycles. The van der Waals surface area contributed by atoms with E-state index in [0.717, 1.165) is 0 Å². The molecule has 0 aliphatic carbocycles. The Morgan fingerprint density at radius 3 is 1.22 bits per heavy atom. The molecule has 0 fully saturated rings. The molecule has 0 atom stereocenters. The van der Waals surface area contributed by atoms with Crippen molar-refractivity contribution in [3.63, 3.8) is 0 Å². The van der Waals surface area contributed by atoms with Gasteiger partial charge in [0.15, 0.2) is 0 Å². The number of carbonyl (C=O) groups is 1. The van der Waals surface area contributed by atoms with Crippen LogP contribution in [0.25, 0.3) is 0 Å². The zero-order chi connectivity index (χ0) is 6.28. The number of rotatable bonds is 0. The Hall–Kier alpha value is 0.670. The molecule has 0 aliphatic rings. The first-order valence-corrected chi connectivity index (χ1v) is 1.02. The van der Waals surface area contributed by atoms with E-state index in [0.29, 0.717) is 0 Å². The number of hydrogen-bond acceptors (Lipinski definition) is 5. The van der Waals surface area contributed by atoms with Crippen molar-refractivity contribution in [3.05, 3.63) is 15.3 Å². The summed E-state index contributed by atoms with van der Waals surface area (Å²) in [5.41, 5.74) is 0. The van der Waals surface area contributed by atoms with E-state index in [2.05, 4.69) is 0 Å². The van der Waals surface area contributed by atoms with Crippen LogP contribution in [0.3, 0.4) is 0 Å².